The fourth-order valence-electron chi connectivity index (χ4n) is 4.31. The molecule has 1 aliphatic heterocycles. The van der Waals surface area contributed by atoms with Crippen LogP contribution in [0.1, 0.15) is 36.2 Å². The lowest BCUT2D eigenvalue weighted by atomic mass is 9.93. The van der Waals surface area contributed by atoms with Crippen molar-refractivity contribution in [3.8, 4) is 0 Å². The molecule has 4 rings (SSSR count). The van der Waals surface area contributed by atoms with Gasteiger partial charge in [0.2, 0.25) is 0 Å². The molecular weight excluding hydrogens is 288 g/mol. The summed E-state index contributed by atoms with van der Waals surface area (Å²) in [5.74, 6) is 2.49. The Morgan fingerprint density at radius 2 is 2.09 bits per heavy atom. The van der Waals surface area contributed by atoms with E-state index in [-0.39, 0.29) is 5.91 Å². The molecule has 1 amide bonds. The lowest BCUT2D eigenvalue weighted by Crippen LogP contribution is -2.46. The predicted molar refractivity (Wildman–Crippen MR) is 87.8 cm³/mol. The maximum Gasteiger partial charge on any atom is 0.274 e. The smallest absolute Gasteiger partial charge is 0.274 e. The number of fused-ring (bicyclic) bond motifs is 2. The first-order valence-corrected chi connectivity index (χ1v) is 8.76. The van der Waals surface area contributed by atoms with Crippen LogP contribution in [-0.2, 0) is 0 Å². The van der Waals surface area contributed by atoms with Gasteiger partial charge in [0.1, 0.15) is 5.69 Å². The fourth-order valence-corrected chi connectivity index (χ4v) is 4.31. The minimum absolute atomic E-state index is 0.00906. The summed E-state index contributed by atoms with van der Waals surface area (Å²) in [5, 5.41) is 3.75. The van der Waals surface area contributed by atoms with E-state index in [0.717, 1.165) is 50.2 Å². The van der Waals surface area contributed by atoms with E-state index in [0.29, 0.717) is 11.7 Å². The minimum Gasteiger partial charge on any atom is -0.337 e. The first-order chi connectivity index (χ1) is 11.3. The predicted octanol–water partition coefficient (Wildman–Crippen LogP) is 1.88. The number of aromatic nitrogens is 2. The number of hydrogen-bond acceptors (Lipinski definition) is 4. The summed E-state index contributed by atoms with van der Waals surface area (Å²) in [6, 6.07) is 0.545. The van der Waals surface area contributed by atoms with Gasteiger partial charge in [-0.1, -0.05) is 12.2 Å². The zero-order chi connectivity index (χ0) is 15.6. The van der Waals surface area contributed by atoms with E-state index >= 15 is 0 Å². The average molecular weight is 312 g/mol. The van der Waals surface area contributed by atoms with Gasteiger partial charge in [0.05, 0.1) is 6.20 Å². The zero-order valence-electron chi connectivity index (χ0n) is 13.4. The van der Waals surface area contributed by atoms with E-state index < -0.39 is 0 Å². The van der Waals surface area contributed by atoms with Gasteiger partial charge >= 0.3 is 0 Å². The van der Waals surface area contributed by atoms with Crippen molar-refractivity contribution in [2.24, 2.45) is 17.8 Å². The van der Waals surface area contributed by atoms with Crippen LogP contribution in [-0.4, -0.2) is 46.5 Å². The molecule has 2 fully saturated rings. The minimum atomic E-state index is 0.00906. The largest absolute Gasteiger partial charge is 0.337 e. The molecule has 3 aliphatic rings. The van der Waals surface area contributed by atoms with E-state index in [2.05, 4.69) is 27.4 Å². The molecule has 2 bridgehead atoms. The normalized spacial score (nSPS) is 30.1. The van der Waals surface area contributed by atoms with Gasteiger partial charge in [-0.15, -0.1) is 0 Å². The van der Waals surface area contributed by atoms with Crippen LogP contribution < -0.4 is 5.32 Å². The lowest BCUT2D eigenvalue weighted by molar-refractivity contribution is 0.0697. The number of nitrogens with zero attached hydrogens (tertiary/aromatic N) is 3. The maximum atomic E-state index is 12.4. The number of nitrogens with one attached hydrogen (secondary N) is 1. The van der Waals surface area contributed by atoms with E-state index in [1.165, 1.54) is 12.8 Å². The molecule has 1 aromatic heterocycles. The number of amides is 1. The summed E-state index contributed by atoms with van der Waals surface area (Å²) in [6.45, 7) is 2.75. The van der Waals surface area contributed by atoms with E-state index in [1.807, 2.05) is 4.90 Å². The molecule has 0 radical (unpaired) electrons. The molecule has 0 spiro atoms. The van der Waals surface area contributed by atoms with Crippen LogP contribution in [0.2, 0.25) is 0 Å². The summed E-state index contributed by atoms with van der Waals surface area (Å²) < 4.78 is 0. The van der Waals surface area contributed by atoms with Crippen molar-refractivity contribution in [2.75, 3.05) is 19.6 Å². The third-order valence-corrected chi connectivity index (χ3v) is 5.65. The van der Waals surface area contributed by atoms with E-state index in [9.17, 15) is 4.79 Å². The first kappa shape index (κ1) is 14.8. The molecule has 122 valence electrons. The molecule has 3 unspecified atom stereocenters. The van der Waals surface area contributed by atoms with Gasteiger partial charge in [0.15, 0.2) is 0 Å². The van der Waals surface area contributed by atoms with Crippen molar-refractivity contribution in [2.45, 2.75) is 31.7 Å². The van der Waals surface area contributed by atoms with Gasteiger partial charge in [-0.3, -0.25) is 9.78 Å². The van der Waals surface area contributed by atoms with Gasteiger partial charge in [0, 0.05) is 31.5 Å². The number of rotatable bonds is 4. The highest BCUT2D eigenvalue weighted by molar-refractivity contribution is 5.92. The van der Waals surface area contributed by atoms with Crippen molar-refractivity contribution in [3.05, 3.63) is 36.4 Å². The number of carbonyl (C=O) groups is 1. The van der Waals surface area contributed by atoms with Crippen molar-refractivity contribution < 1.29 is 4.79 Å². The Morgan fingerprint density at radius 1 is 1.22 bits per heavy atom. The van der Waals surface area contributed by atoms with Crippen LogP contribution in [0.15, 0.2) is 30.7 Å². The highest BCUT2D eigenvalue weighted by Crippen LogP contribution is 2.43. The molecule has 1 N–H and O–H groups in total. The summed E-state index contributed by atoms with van der Waals surface area (Å²) in [7, 11) is 0. The molecule has 1 saturated carbocycles. The molecule has 5 heteroatoms. The summed E-state index contributed by atoms with van der Waals surface area (Å²) in [6.07, 6.45) is 14.3. The Morgan fingerprint density at radius 3 is 2.74 bits per heavy atom. The molecular formula is C18H24N4O. The summed E-state index contributed by atoms with van der Waals surface area (Å²) in [5.41, 5.74) is 0.452. The molecule has 23 heavy (non-hydrogen) atoms. The average Bonchev–Trinajstić information content (AvgIpc) is 3.24. The lowest BCUT2D eigenvalue weighted by Gasteiger charge is -2.33. The standard InChI is InChI=1S/C18H24N4O/c23-18(17-12-19-5-6-20-17)22-7-3-16(4-8-22)21-11-15-10-13-1-2-14(15)9-13/h1-2,5-6,12-16,21H,3-4,7-11H2. The summed E-state index contributed by atoms with van der Waals surface area (Å²) in [4.78, 5) is 22.3. The quantitative estimate of drug-likeness (QED) is 0.863. The molecule has 3 atom stereocenters. The van der Waals surface area contributed by atoms with Crippen LogP contribution >= 0.6 is 0 Å². The van der Waals surface area contributed by atoms with Crippen LogP contribution in [0, 0.1) is 17.8 Å². The van der Waals surface area contributed by atoms with Crippen molar-refractivity contribution >= 4 is 5.91 Å². The topological polar surface area (TPSA) is 58.1 Å². The number of piperidine rings is 1. The van der Waals surface area contributed by atoms with Gasteiger partial charge in [-0.05, 0) is 50.0 Å². The Hall–Kier alpha value is -1.75. The van der Waals surface area contributed by atoms with Crippen LogP contribution in [0.4, 0.5) is 0 Å². The first-order valence-electron chi connectivity index (χ1n) is 8.76. The zero-order valence-corrected chi connectivity index (χ0v) is 13.4. The van der Waals surface area contributed by atoms with E-state index in [4.69, 9.17) is 0 Å². The molecule has 1 aromatic rings. The number of hydrogen-bond donors (Lipinski definition) is 1. The van der Waals surface area contributed by atoms with Crippen LogP contribution in [0.3, 0.4) is 0 Å². The molecule has 2 aliphatic carbocycles. The maximum absolute atomic E-state index is 12.4. The Kier molecular flexibility index (Phi) is 4.12. The SMILES string of the molecule is O=C(c1cnccn1)N1CCC(NCC2CC3C=CC2C3)CC1. The second-order valence-corrected chi connectivity index (χ2v) is 7.11. The second-order valence-electron chi connectivity index (χ2n) is 7.11. The molecule has 1 saturated heterocycles. The van der Waals surface area contributed by atoms with Crippen molar-refractivity contribution in [1.29, 1.82) is 0 Å². The number of allylic oxidation sites excluding steroid dienone is 2. The highest BCUT2D eigenvalue weighted by Gasteiger charge is 2.35. The van der Waals surface area contributed by atoms with Gasteiger partial charge in [-0.25, -0.2) is 4.98 Å². The third kappa shape index (κ3) is 3.15. The number of carbonyl (C=O) groups excluding carboxylic acids is 1. The molecule has 0 aromatic carbocycles. The van der Waals surface area contributed by atoms with Crippen LogP contribution in [0.25, 0.3) is 0 Å². The Balaban J connectivity index is 1.23. The Bertz CT molecular complexity index is 580. The highest BCUT2D eigenvalue weighted by atomic mass is 16.2. The van der Waals surface area contributed by atoms with Gasteiger partial charge in [-0.2, -0.15) is 0 Å². The van der Waals surface area contributed by atoms with Gasteiger partial charge in [0.25, 0.3) is 5.91 Å². The van der Waals surface area contributed by atoms with Crippen LogP contribution in [0.5, 0.6) is 0 Å². The number of likely N-dealkylation sites (tertiary alicyclic amines) is 1. The summed E-state index contributed by atoms with van der Waals surface area (Å²) >= 11 is 0. The van der Waals surface area contributed by atoms with Crippen molar-refractivity contribution in [3.63, 3.8) is 0 Å². The van der Waals surface area contributed by atoms with Gasteiger partial charge < -0.3 is 10.2 Å². The Labute approximate surface area is 137 Å². The van der Waals surface area contributed by atoms with E-state index in [1.54, 1.807) is 18.6 Å². The third-order valence-electron chi connectivity index (χ3n) is 5.65. The second kappa shape index (κ2) is 6.40. The fraction of sp³-hybridized carbons (Fsp3) is 0.611. The molecule has 5 nitrogen and oxygen atoms in total. The monoisotopic (exact) mass is 312 g/mol. The molecule has 2 heterocycles. The van der Waals surface area contributed by atoms with Crippen molar-refractivity contribution in [1.82, 2.24) is 20.2 Å².